The molecular formula is C21H25N7O6S2. The van der Waals surface area contributed by atoms with Crippen molar-refractivity contribution in [2.45, 2.75) is 48.0 Å². The van der Waals surface area contributed by atoms with E-state index in [1.165, 1.54) is 11.8 Å². The average molecular weight is 536 g/mol. The molecule has 1 aromatic rings. The summed E-state index contributed by atoms with van der Waals surface area (Å²) in [6, 6.07) is -0.923. The monoisotopic (exact) mass is 535 g/mol. The fourth-order valence-corrected chi connectivity index (χ4v) is 6.88. The Kier molecular flexibility index (Phi) is 7.51. The summed E-state index contributed by atoms with van der Waals surface area (Å²) in [5.41, 5.74) is 5.83. The van der Waals surface area contributed by atoms with E-state index in [0.29, 0.717) is 12.8 Å². The van der Waals surface area contributed by atoms with Crippen molar-refractivity contribution in [3.8, 4) is 0 Å². The number of carbonyl (C=O) groups excluding carboxylic acids is 2. The topological polar surface area (TPSA) is 204 Å². The van der Waals surface area contributed by atoms with Crippen molar-refractivity contribution in [3.63, 3.8) is 0 Å². The molecule has 6 N–H and O–H groups in total. The molecule has 3 unspecified atom stereocenters. The lowest BCUT2D eigenvalue weighted by Gasteiger charge is -2.50. The van der Waals surface area contributed by atoms with Crippen molar-refractivity contribution < 1.29 is 29.4 Å². The zero-order chi connectivity index (χ0) is 26.0. The zero-order valence-corrected chi connectivity index (χ0v) is 20.8. The second-order valence-corrected chi connectivity index (χ2v) is 10.9. The maximum absolute atomic E-state index is 13.3. The first-order chi connectivity index (χ1) is 17.2. The molecule has 1 aliphatic carbocycles. The van der Waals surface area contributed by atoms with E-state index in [1.807, 2.05) is 18.2 Å². The predicted molar refractivity (Wildman–Crippen MR) is 129 cm³/mol. The van der Waals surface area contributed by atoms with Gasteiger partial charge in [-0.1, -0.05) is 35.6 Å². The number of nitrogens with two attached hydrogens (primary N) is 1. The lowest BCUT2D eigenvalue weighted by Crippen LogP contribution is -2.71. The Hall–Kier alpha value is -3.17. The Morgan fingerprint density at radius 3 is 2.75 bits per heavy atom. The SMILES string of the molecule is CC(CN)(C(=O)NC1C(=O)N2C(C(=O)O)=C(C(CC(=O)O)Sc3nnn[nH]3)CS[C@@H]12)C1=CCC=CC1. The summed E-state index contributed by atoms with van der Waals surface area (Å²) in [5, 5.41) is 34.1. The first kappa shape index (κ1) is 25.9. The van der Waals surface area contributed by atoms with Crippen molar-refractivity contribution >= 4 is 47.3 Å². The third-order valence-electron chi connectivity index (χ3n) is 6.44. The molecule has 4 atom stereocenters. The highest BCUT2D eigenvalue weighted by molar-refractivity contribution is 8.01. The van der Waals surface area contributed by atoms with Gasteiger partial charge < -0.3 is 21.3 Å². The van der Waals surface area contributed by atoms with Crippen LogP contribution in [0, 0.1) is 5.41 Å². The van der Waals surface area contributed by atoms with Crippen LogP contribution in [0.5, 0.6) is 0 Å². The Balaban J connectivity index is 1.57. The highest BCUT2D eigenvalue weighted by Crippen LogP contribution is 2.44. The molecule has 15 heteroatoms. The lowest BCUT2D eigenvalue weighted by molar-refractivity contribution is -0.151. The number of carboxylic acids is 2. The van der Waals surface area contributed by atoms with E-state index in [-0.39, 0.29) is 28.7 Å². The van der Waals surface area contributed by atoms with Crippen LogP contribution in [-0.4, -0.2) is 88.5 Å². The normalized spacial score (nSPS) is 23.8. The summed E-state index contributed by atoms with van der Waals surface area (Å²) in [7, 11) is 0. The third-order valence-corrected chi connectivity index (χ3v) is 8.87. The Labute approximate surface area is 214 Å². The van der Waals surface area contributed by atoms with Crippen LogP contribution in [0.2, 0.25) is 0 Å². The molecule has 36 heavy (non-hydrogen) atoms. The van der Waals surface area contributed by atoms with Crippen molar-refractivity contribution in [2.75, 3.05) is 12.3 Å². The lowest BCUT2D eigenvalue weighted by atomic mass is 9.77. The van der Waals surface area contributed by atoms with Gasteiger partial charge in [-0.05, 0) is 35.8 Å². The maximum atomic E-state index is 13.3. The number of hydrogen-bond donors (Lipinski definition) is 5. The summed E-state index contributed by atoms with van der Waals surface area (Å²) < 4.78 is 0. The van der Waals surface area contributed by atoms with E-state index < -0.39 is 52.3 Å². The van der Waals surface area contributed by atoms with Gasteiger partial charge in [0.2, 0.25) is 11.1 Å². The number of H-pyrrole nitrogens is 1. The van der Waals surface area contributed by atoms with Gasteiger partial charge in [-0.25, -0.2) is 9.89 Å². The second-order valence-electron chi connectivity index (χ2n) is 8.63. The quantitative estimate of drug-likeness (QED) is 0.154. The number of aliphatic carboxylic acids is 2. The first-order valence-electron chi connectivity index (χ1n) is 11.1. The van der Waals surface area contributed by atoms with E-state index in [4.69, 9.17) is 5.73 Å². The number of amides is 2. The predicted octanol–water partition coefficient (Wildman–Crippen LogP) is 0.115. The highest BCUT2D eigenvalue weighted by atomic mass is 32.2. The molecule has 4 rings (SSSR count). The molecule has 0 saturated carbocycles. The van der Waals surface area contributed by atoms with Crippen LogP contribution in [0.25, 0.3) is 0 Å². The highest BCUT2D eigenvalue weighted by Gasteiger charge is 2.56. The molecule has 2 amide bonds. The number of carboxylic acid groups (broad SMARTS) is 2. The Morgan fingerprint density at radius 1 is 1.39 bits per heavy atom. The summed E-state index contributed by atoms with van der Waals surface area (Å²) in [6.07, 6.45) is 6.80. The van der Waals surface area contributed by atoms with Gasteiger partial charge in [0.25, 0.3) is 5.91 Å². The number of hydrogen-bond acceptors (Lipinski definition) is 10. The van der Waals surface area contributed by atoms with Crippen LogP contribution < -0.4 is 11.1 Å². The van der Waals surface area contributed by atoms with Gasteiger partial charge in [0.1, 0.15) is 17.1 Å². The zero-order valence-electron chi connectivity index (χ0n) is 19.2. The summed E-state index contributed by atoms with van der Waals surface area (Å²) in [6.45, 7) is 1.78. The van der Waals surface area contributed by atoms with Crippen molar-refractivity contribution in [2.24, 2.45) is 11.1 Å². The molecule has 13 nitrogen and oxygen atoms in total. The number of β-lactam (4-membered cyclic amide) rings is 1. The number of allylic oxidation sites excluding steroid dienone is 3. The molecule has 0 bridgehead atoms. The molecule has 0 radical (unpaired) electrons. The molecule has 0 spiro atoms. The molecule has 0 aromatic carbocycles. The van der Waals surface area contributed by atoms with Gasteiger partial charge in [0, 0.05) is 17.5 Å². The first-order valence-corrected chi connectivity index (χ1v) is 13.0. The Bertz CT molecular complexity index is 1170. The fourth-order valence-electron chi connectivity index (χ4n) is 4.34. The van der Waals surface area contributed by atoms with E-state index in [2.05, 4.69) is 25.9 Å². The van der Waals surface area contributed by atoms with Gasteiger partial charge in [-0.3, -0.25) is 19.3 Å². The van der Waals surface area contributed by atoms with Crippen molar-refractivity contribution in [3.05, 3.63) is 35.1 Å². The van der Waals surface area contributed by atoms with Gasteiger partial charge in [0.05, 0.1) is 11.8 Å². The number of carbonyl (C=O) groups is 4. The third kappa shape index (κ3) is 4.77. The number of thioether (sulfide) groups is 2. The Morgan fingerprint density at radius 2 is 2.17 bits per heavy atom. The molecular weight excluding hydrogens is 510 g/mol. The van der Waals surface area contributed by atoms with Crippen LogP contribution >= 0.6 is 23.5 Å². The van der Waals surface area contributed by atoms with E-state index >= 15 is 0 Å². The molecule has 1 fully saturated rings. The van der Waals surface area contributed by atoms with Gasteiger partial charge in [0.15, 0.2) is 0 Å². The number of aromatic amines is 1. The molecule has 192 valence electrons. The minimum Gasteiger partial charge on any atom is -0.481 e. The van der Waals surface area contributed by atoms with E-state index in [1.54, 1.807) is 6.92 Å². The minimum atomic E-state index is -1.36. The van der Waals surface area contributed by atoms with Gasteiger partial charge >= 0.3 is 11.9 Å². The number of rotatable bonds is 10. The van der Waals surface area contributed by atoms with Gasteiger partial charge in [-0.2, -0.15) is 0 Å². The van der Waals surface area contributed by atoms with E-state index in [0.717, 1.165) is 22.2 Å². The van der Waals surface area contributed by atoms with Crippen LogP contribution in [0.4, 0.5) is 0 Å². The molecule has 2 aliphatic heterocycles. The smallest absolute Gasteiger partial charge is 0.352 e. The number of aromatic nitrogens is 4. The van der Waals surface area contributed by atoms with Crippen molar-refractivity contribution in [1.29, 1.82) is 0 Å². The average Bonchev–Trinajstić information content (AvgIpc) is 3.38. The largest absolute Gasteiger partial charge is 0.481 e. The van der Waals surface area contributed by atoms with E-state index in [9.17, 15) is 29.4 Å². The minimum absolute atomic E-state index is 0.0515. The van der Waals surface area contributed by atoms with Crippen molar-refractivity contribution in [1.82, 2.24) is 30.8 Å². The number of tetrazole rings is 1. The van der Waals surface area contributed by atoms with Gasteiger partial charge in [-0.15, -0.1) is 16.9 Å². The fraction of sp³-hybridized carbons (Fsp3) is 0.476. The molecule has 3 aliphatic rings. The van der Waals surface area contributed by atoms with Crippen LogP contribution in [0.15, 0.2) is 40.2 Å². The standard InChI is InChI=1S/C21H25N7O6S2/c1-21(9-22,10-5-3-2-4-6-10)19(34)23-14-16(31)28-15(18(32)33)11(8-35-17(14)28)12(7-13(29)30)36-20-24-26-27-25-20/h2-3,6,12,14,17H,4-5,7-9,22H2,1H3,(H,23,34)(H,29,30)(H,32,33)(H,24,25,26,27)/t12?,14?,17-,21?/m0/s1. The summed E-state index contributed by atoms with van der Waals surface area (Å²) in [5.74, 6) is -3.32. The number of fused-ring (bicyclic) bond motifs is 1. The summed E-state index contributed by atoms with van der Waals surface area (Å²) in [4.78, 5) is 51.3. The molecule has 1 aromatic heterocycles. The van der Waals surface area contributed by atoms with Crippen LogP contribution in [0.3, 0.4) is 0 Å². The number of nitrogens with zero attached hydrogens (tertiary/aromatic N) is 4. The molecule has 1 saturated heterocycles. The number of nitrogens with one attached hydrogen (secondary N) is 2. The van der Waals surface area contributed by atoms with Crippen LogP contribution in [0.1, 0.15) is 26.2 Å². The second kappa shape index (κ2) is 10.4. The maximum Gasteiger partial charge on any atom is 0.352 e. The van der Waals surface area contributed by atoms with Crippen LogP contribution in [-0.2, 0) is 19.2 Å². The molecule has 3 heterocycles. The summed E-state index contributed by atoms with van der Waals surface area (Å²) >= 11 is 2.24.